The van der Waals surface area contributed by atoms with Gasteiger partial charge in [0.15, 0.2) is 6.61 Å². The van der Waals surface area contributed by atoms with Crippen LogP contribution in [0.5, 0.6) is 5.75 Å². The molecule has 0 aliphatic heterocycles. The molecule has 76 valence electrons. The van der Waals surface area contributed by atoms with Crippen LogP contribution < -0.4 is 10.5 Å². The molecule has 0 atom stereocenters. The lowest BCUT2D eigenvalue weighted by molar-refractivity contribution is -0.142. The molecule has 0 fully saturated rings. The standard InChI is InChI=1S/C10H13NO3/c1-7-3-4-9(8(11)5-7)14-6-10(12)13-2/h3-5H,6,11H2,1-2H3. The van der Waals surface area contributed by atoms with Gasteiger partial charge in [-0.2, -0.15) is 0 Å². The van der Waals surface area contributed by atoms with E-state index in [0.717, 1.165) is 5.56 Å². The molecule has 1 aromatic carbocycles. The Morgan fingerprint density at radius 2 is 2.21 bits per heavy atom. The molecule has 0 spiro atoms. The summed E-state index contributed by atoms with van der Waals surface area (Å²) < 4.78 is 9.58. The maximum atomic E-state index is 10.8. The first-order valence-corrected chi connectivity index (χ1v) is 4.19. The van der Waals surface area contributed by atoms with Crippen molar-refractivity contribution in [3.8, 4) is 5.75 Å². The molecule has 0 aromatic heterocycles. The minimum Gasteiger partial charge on any atom is -0.480 e. The molecule has 0 radical (unpaired) electrons. The maximum absolute atomic E-state index is 10.8. The van der Waals surface area contributed by atoms with E-state index in [1.807, 2.05) is 13.0 Å². The van der Waals surface area contributed by atoms with Crippen molar-refractivity contribution in [1.29, 1.82) is 0 Å². The highest BCUT2D eigenvalue weighted by molar-refractivity contribution is 5.71. The van der Waals surface area contributed by atoms with Crippen LogP contribution in [0.2, 0.25) is 0 Å². The van der Waals surface area contributed by atoms with Gasteiger partial charge in [0.25, 0.3) is 0 Å². The summed E-state index contributed by atoms with van der Waals surface area (Å²) in [7, 11) is 1.31. The third-order valence-corrected chi connectivity index (χ3v) is 1.74. The van der Waals surface area contributed by atoms with Crippen molar-refractivity contribution in [2.24, 2.45) is 0 Å². The van der Waals surface area contributed by atoms with Crippen LogP contribution in [0, 0.1) is 6.92 Å². The number of methoxy groups -OCH3 is 1. The Labute approximate surface area is 82.6 Å². The van der Waals surface area contributed by atoms with E-state index < -0.39 is 5.97 Å². The summed E-state index contributed by atoms with van der Waals surface area (Å²) in [5.74, 6) is 0.0750. The average Bonchev–Trinajstić information content (AvgIpc) is 2.16. The lowest BCUT2D eigenvalue weighted by Gasteiger charge is -2.07. The van der Waals surface area contributed by atoms with Gasteiger partial charge in [-0.25, -0.2) is 4.79 Å². The normalized spacial score (nSPS) is 9.57. The lowest BCUT2D eigenvalue weighted by Crippen LogP contribution is -2.13. The summed E-state index contributed by atoms with van der Waals surface area (Å²) in [5.41, 5.74) is 7.24. The third kappa shape index (κ3) is 2.65. The number of carbonyl (C=O) groups excluding carboxylic acids is 1. The van der Waals surface area contributed by atoms with Gasteiger partial charge < -0.3 is 15.2 Å². The minimum atomic E-state index is -0.426. The Bertz CT molecular complexity index is 336. The predicted octanol–water partition coefficient (Wildman–Crippen LogP) is 1.13. The fourth-order valence-corrected chi connectivity index (χ4v) is 0.995. The summed E-state index contributed by atoms with van der Waals surface area (Å²) in [5, 5.41) is 0. The first-order valence-electron chi connectivity index (χ1n) is 4.19. The highest BCUT2D eigenvalue weighted by atomic mass is 16.6. The molecule has 14 heavy (non-hydrogen) atoms. The highest BCUT2D eigenvalue weighted by Crippen LogP contribution is 2.21. The molecule has 0 heterocycles. The molecule has 1 rings (SSSR count). The summed E-state index contributed by atoms with van der Waals surface area (Å²) in [6.45, 7) is 1.81. The number of anilines is 1. The molecule has 4 nitrogen and oxygen atoms in total. The Hall–Kier alpha value is -1.71. The fraction of sp³-hybridized carbons (Fsp3) is 0.300. The molecule has 2 N–H and O–H groups in total. The molecule has 0 saturated carbocycles. The SMILES string of the molecule is COC(=O)COc1ccc(C)cc1N. The number of hydrogen-bond acceptors (Lipinski definition) is 4. The zero-order valence-corrected chi connectivity index (χ0v) is 8.24. The monoisotopic (exact) mass is 195 g/mol. The van der Waals surface area contributed by atoms with Gasteiger partial charge in [0.2, 0.25) is 0 Å². The number of esters is 1. The van der Waals surface area contributed by atoms with E-state index in [0.29, 0.717) is 11.4 Å². The first-order chi connectivity index (χ1) is 6.63. The topological polar surface area (TPSA) is 61.5 Å². The fourth-order valence-electron chi connectivity index (χ4n) is 0.995. The molecule has 4 heteroatoms. The van der Waals surface area contributed by atoms with Crippen LogP contribution in [0.3, 0.4) is 0 Å². The number of nitrogen functional groups attached to an aromatic ring is 1. The summed E-state index contributed by atoms with van der Waals surface area (Å²) in [4.78, 5) is 10.8. The van der Waals surface area contributed by atoms with Gasteiger partial charge in [-0.05, 0) is 24.6 Å². The van der Waals surface area contributed by atoms with E-state index in [-0.39, 0.29) is 6.61 Å². The lowest BCUT2D eigenvalue weighted by atomic mass is 10.2. The Balaban J connectivity index is 2.63. The quantitative estimate of drug-likeness (QED) is 0.580. The van der Waals surface area contributed by atoms with Crippen molar-refractivity contribution in [2.45, 2.75) is 6.92 Å². The minimum absolute atomic E-state index is 0.121. The molecule has 0 aliphatic carbocycles. The first kappa shape index (κ1) is 10.4. The van der Waals surface area contributed by atoms with Crippen molar-refractivity contribution < 1.29 is 14.3 Å². The molecule has 0 saturated heterocycles. The second-order valence-corrected chi connectivity index (χ2v) is 2.91. The van der Waals surface area contributed by atoms with E-state index in [2.05, 4.69) is 4.74 Å². The van der Waals surface area contributed by atoms with Crippen molar-refractivity contribution in [1.82, 2.24) is 0 Å². The van der Waals surface area contributed by atoms with Crippen LogP contribution in [0.1, 0.15) is 5.56 Å². The van der Waals surface area contributed by atoms with Crippen LogP contribution >= 0.6 is 0 Å². The van der Waals surface area contributed by atoms with Gasteiger partial charge in [0, 0.05) is 0 Å². The average molecular weight is 195 g/mol. The summed E-state index contributed by atoms with van der Waals surface area (Å²) in [6.07, 6.45) is 0. The molecule has 1 aromatic rings. The third-order valence-electron chi connectivity index (χ3n) is 1.74. The molecular weight excluding hydrogens is 182 g/mol. The Morgan fingerprint density at radius 1 is 1.50 bits per heavy atom. The Kier molecular flexibility index (Phi) is 3.34. The van der Waals surface area contributed by atoms with E-state index in [1.54, 1.807) is 12.1 Å². The molecular formula is C10H13NO3. The van der Waals surface area contributed by atoms with E-state index in [1.165, 1.54) is 7.11 Å². The Morgan fingerprint density at radius 3 is 2.79 bits per heavy atom. The van der Waals surface area contributed by atoms with Gasteiger partial charge in [0.05, 0.1) is 12.8 Å². The number of hydrogen-bond donors (Lipinski definition) is 1. The number of ether oxygens (including phenoxy) is 2. The van der Waals surface area contributed by atoms with E-state index >= 15 is 0 Å². The summed E-state index contributed by atoms with van der Waals surface area (Å²) in [6, 6.07) is 5.38. The van der Waals surface area contributed by atoms with Crippen molar-refractivity contribution in [3.05, 3.63) is 23.8 Å². The van der Waals surface area contributed by atoms with Crippen LogP contribution in [-0.2, 0) is 9.53 Å². The van der Waals surface area contributed by atoms with Crippen molar-refractivity contribution >= 4 is 11.7 Å². The van der Waals surface area contributed by atoms with Gasteiger partial charge in [0.1, 0.15) is 5.75 Å². The second-order valence-electron chi connectivity index (χ2n) is 2.91. The van der Waals surface area contributed by atoms with E-state index in [4.69, 9.17) is 10.5 Å². The highest BCUT2D eigenvalue weighted by Gasteiger charge is 2.04. The van der Waals surface area contributed by atoms with Crippen LogP contribution in [0.15, 0.2) is 18.2 Å². The maximum Gasteiger partial charge on any atom is 0.343 e. The number of carbonyl (C=O) groups is 1. The zero-order valence-electron chi connectivity index (χ0n) is 8.24. The molecule has 0 aliphatic rings. The smallest absolute Gasteiger partial charge is 0.343 e. The molecule has 0 amide bonds. The number of rotatable bonds is 3. The van der Waals surface area contributed by atoms with Gasteiger partial charge >= 0.3 is 5.97 Å². The molecule has 0 unspecified atom stereocenters. The predicted molar refractivity (Wildman–Crippen MR) is 53.1 cm³/mol. The zero-order chi connectivity index (χ0) is 10.6. The van der Waals surface area contributed by atoms with Crippen LogP contribution in [0.25, 0.3) is 0 Å². The summed E-state index contributed by atoms with van der Waals surface area (Å²) >= 11 is 0. The van der Waals surface area contributed by atoms with Gasteiger partial charge in [-0.15, -0.1) is 0 Å². The van der Waals surface area contributed by atoms with Gasteiger partial charge in [-0.1, -0.05) is 6.07 Å². The second kappa shape index (κ2) is 4.50. The van der Waals surface area contributed by atoms with Gasteiger partial charge in [-0.3, -0.25) is 0 Å². The van der Waals surface area contributed by atoms with Crippen LogP contribution in [-0.4, -0.2) is 19.7 Å². The van der Waals surface area contributed by atoms with E-state index in [9.17, 15) is 4.79 Å². The number of nitrogens with two attached hydrogens (primary N) is 1. The van der Waals surface area contributed by atoms with Crippen molar-refractivity contribution in [2.75, 3.05) is 19.5 Å². The molecule has 0 bridgehead atoms. The van der Waals surface area contributed by atoms with Crippen LogP contribution in [0.4, 0.5) is 5.69 Å². The largest absolute Gasteiger partial charge is 0.480 e. The number of benzene rings is 1. The van der Waals surface area contributed by atoms with Crippen molar-refractivity contribution in [3.63, 3.8) is 0 Å². The number of aryl methyl sites for hydroxylation is 1.